The van der Waals surface area contributed by atoms with Crippen LogP contribution in [0.25, 0.3) is 6.08 Å². The molecule has 3 aromatic carbocycles. The molecule has 0 atom stereocenters. The Morgan fingerprint density at radius 1 is 1.12 bits per heavy atom. The molecule has 0 aliphatic carbocycles. The molecule has 0 aromatic heterocycles. The highest BCUT2D eigenvalue weighted by atomic mass is 35.5. The lowest BCUT2D eigenvalue weighted by atomic mass is 9.98. The Kier molecular flexibility index (Phi) is 5.79. The number of nitrogens with zero attached hydrogens (tertiary/aromatic N) is 1. The Morgan fingerprint density at radius 2 is 1.94 bits per heavy atom. The number of rotatable bonds is 4. The van der Waals surface area contributed by atoms with Crippen LogP contribution >= 0.6 is 23.2 Å². The molecule has 0 radical (unpaired) electrons. The van der Waals surface area contributed by atoms with Crippen molar-refractivity contribution < 1.29 is 19.0 Å². The predicted molar refractivity (Wildman–Crippen MR) is 128 cm³/mol. The molecule has 0 N–H and O–H groups in total. The summed E-state index contributed by atoms with van der Waals surface area (Å²) in [4.78, 5) is 15.3. The van der Waals surface area contributed by atoms with Crippen LogP contribution in [-0.2, 0) is 13.1 Å². The van der Waals surface area contributed by atoms with E-state index in [1.54, 1.807) is 31.4 Å². The first-order valence-electron chi connectivity index (χ1n) is 10.5. The second kappa shape index (κ2) is 8.75. The van der Waals surface area contributed by atoms with Crippen molar-refractivity contribution in [2.24, 2.45) is 0 Å². The highest BCUT2D eigenvalue weighted by Crippen LogP contribution is 2.44. The van der Waals surface area contributed by atoms with E-state index >= 15 is 0 Å². The van der Waals surface area contributed by atoms with Gasteiger partial charge in [0.2, 0.25) is 5.78 Å². The number of carbonyl (C=O) groups is 1. The number of halogens is 2. The molecular formula is C26H21Cl2NO4. The van der Waals surface area contributed by atoms with E-state index in [2.05, 4.69) is 4.90 Å². The van der Waals surface area contributed by atoms with Crippen molar-refractivity contribution in [2.45, 2.75) is 20.0 Å². The minimum atomic E-state index is -0.154. The Morgan fingerprint density at radius 3 is 2.73 bits per heavy atom. The van der Waals surface area contributed by atoms with Crippen molar-refractivity contribution in [1.82, 2.24) is 4.90 Å². The Labute approximate surface area is 202 Å². The van der Waals surface area contributed by atoms with Gasteiger partial charge in [0.1, 0.15) is 24.0 Å². The summed E-state index contributed by atoms with van der Waals surface area (Å²) >= 11 is 12.1. The first kappa shape index (κ1) is 21.8. The van der Waals surface area contributed by atoms with Gasteiger partial charge in [-0.25, -0.2) is 0 Å². The van der Waals surface area contributed by atoms with Gasteiger partial charge < -0.3 is 14.2 Å². The third-order valence-corrected chi connectivity index (χ3v) is 6.55. The summed E-state index contributed by atoms with van der Waals surface area (Å²) in [5, 5.41) is 0.876. The largest absolute Gasteiger partial charge is 0.496 e. The van der Waals surface area contributed by atoms with Crippen LogP contribution in [0.1, 0.15) is 32.6 Å². The zero-order valence-corrected chi connectivity index (χ0v) is 19.7. The minimum absolute atomic E-state index is 0.154. The van der Waals surface area contributed by atoms with Crippen LogP contribution in [0.2, 0.25) is 10.0 Å². The lowest BCUT2D eigenvalue weighted by Gasteiger charge is -2.30. The topological polar surface area (TPSA) is 48.0 Å². The predicted octanol–water partition coefficient (Wildman–Crippen LogP) is 6.28. The molecule has 0 saturated carbocycles. The van der Waals surface area contributed by atoms with Gasteiger partial charge >= 0.3 is 0 Å². The molecule has 3 aromatic rings. The number of hydrogen-bond acceptors (Lipinski definition) is 5. The molecule has 2 aliphatic heterocycles. The van der Waals surface area contributed by atoms with Crippen LogP contribution in [0, 0.1) is 6.92 Å². The van der Waals surface area contributed by atoms with Crippen molar-refractivity contribution in [2.75, 3.05) is 13.8 Å². The fourth-order valence-corrected chi connectivity index (χ4v) is 4.51. The van der Waals surface area contributed by atoms with Crippen molar-refractivity contribution >= 4 is 35.1 Å². The third kappa shape index (κ3) is 4.08. The number of methoxy groups -OCH3 is 1. The van der Waals surface area contributed by atoms with E-state index in [9.17, 15) is 4.79 Å². The van der Waals surface area contributed by atoms with Gasteiger partial charge in [0.05, 0.1) is 28.3 Å². The van der Waals surface area contributed by atoms with E-state index in [1.165, 1.54) is 0 Å². The number of ketones is 1. The Hall–Kier alpha value is -2.99. The molecule has 0 amide bonds. The van der Waals surface area contributed by atoms with Gasteiger partial charge in [0.25, 0.3) is 0 Å². The lowest BCUT2D eigenvalue weighted by Crippen LogP contribution is -2.32. The standard InChI is InChI=1S/C26H21Cl2NO4/c1-15-9-22-18(13-29(14-32-22)12-17-5-3-4-6-21(17)31-2)26-24(15)25(30)23(33-26)11-16-7-8-19(27)20(28)10-16/h3-11H,12-14H2,1-2H3/b23-11-. The molecular weight excluding hydrogens is 461 g/mol. The quantitative estimate of drug-likeness (QED) is 0.410. The fraction of sp³-hybridized carbons (Fsp3) is 0.192. The number of para-hydroxylation sites is 1. The molecule has 0 spiro atoms. The maximum absolute atomic E-state index is 13.2. The zero-order chi connectivity index (χ0) is 23.1. The summed E-state index contributed by atoms with van der Waals surface area (Å²) in [5.74, 6) is 2.23. The second-order valence-corrected chi connectivity index (χ2v) is 8.87. The van der Waals surface area contributed by atoms with Gasteiger partial charge in [-0.1, -0.05) is 47.5 Å². The van der Waals surface area contributed by atoms with Crippen LogP contribution < -0.4 is 14.2 Å². The zero-order valence-electron chi connectivity index (χ0n) is 18.2. The molecule has 0 unspecified atom stereocenters. The highest BCUT2D eigenvalue weighted by Gasteiger charge is 2.35. The molecule has 0 fully saturated rings. The second-order valence-electron chi connectivity index (χ2n) is 8.06. The smallest absolute Gasteiger partial charge is 0.232 e. The molecule has 0 saturated heterocycles. The van der Waals surface area contributed by atoms with Crippen LogP contribution in [0.4, 0.5) is 0 Å². The SMILES string of the molecule is COc1ccccc1CN1COc2cc(C)c3c(c2C1)O/C(=C\c1ccc(Cl)c(Cl)c1)C3=O. The van der Waals surface area contributed by atoms with Gasteiger partial charge in [-0.2, -0.15) is 0 Å². The minimum Gasteiger partial charge on any atom is -0.496 e. The summed E-state index contributed by atoms with van der Waals surface area (Å²) < 4.78 is 17.7. The first-order chi connectivity index (χ1) is 15.9. The van der Waals surface area contributed by atoms with E-state index in [4.69, 9.17) is 37.4 Å². The van der Waals surface area contributed by atoms with Crippen LogP contribution in [-0.4, -0.2) is 24.5 Å². The first-order valence-corrected chi connectivity index (χ1v) is 11.2. The monoisotopic (exact) mass is 481 g/mol. The van der Waals surface area contributed by atoms with Crippen LogP contribution in [0.15, 0.2) is 54.3 Å². The average molecular weight is 482 g/mol. The van der Waals surface area contributed by atoms with Crippen molar-refractivity contribution in [3.8, 4) is 17.2 Å². The van der Waals surface area contributed by atoms with E-state index < -0.39 is 0 Å². The van der Waals surface area contributed by atoms with E-state index in [1.807, 2.05) is 37.3 Å². The number of Topliss-reactive ketones (excluding diaryl/α,β-unsaturated/α-hetero) is 1. The molecule has 5 rings (SSSR count). The number of hydrogen-bond donors (Lipinski definition) is 0. The van der Waals surface area contributed by atoms with Crippen LogP contribution in [0.3, 0.4) is 0 Å². The maximum Gasteiger partial charge on any atom is 0.232 e. The molecule has 2 heterocycles. The molecule has 2 aliphatic rings. The normalized spacial score (nSPS) is 16.2. The lowest BCUT2D eigenvalue weighted by molar-refractivity contribution is 0.0864. The van der Waals surface area contributed by atoms with Gasteiger partial charge in [0, 0.05) is 18.7 Å². The number of benzene rings is 3. The molecule has 168 valence electrons. The van der Waals surface area contributed by atoms with Gasteiger partial charge in [-0.05, 0) is 48.4 Å². The number of fused-ring (bicyclic) bond motifs is 3. The summed E-state index contributed by atoms with van der Waals surface area (Å²) in [7, 11) is 1.66. The van der Waals surface area contributed by atoms with Gasteiger partial charge in [0.15, 0.2) is 5.76 Å². The van der Waals surface area contributed by atoms with Gasteiger partial charge in [-0.3, -0.25) is 9.69 Å². The van der Waals surface area contributed by atoms with E-state index in [-0.39, 0.29) is 11.5 Å². The summed E-state index contributed by atoms with van der Waals surface area (Å²) in [5.41, 5.74) is 4.06. The number of allylic oxidation sites excluding steroid dienone is 1. The summed E-state index contributed by atoms with van der Waals surface area (Å²) in [6, 6.07) is 15.0. The Balaban J connectivity index is 1.46. The highest BCUT2D eigenvalue weighted by molar-refractivity contribution is 6.42. The summed E-state index contributed by atoms with van der Waals surface area (Å²) in [6.45, 7) is 3.56. The Bertz CT molecular complexity index is 1300. The van der Waals surface area contributed by atoms with Crippen molar-refractivity contribution in [3.63, 3.8) is 0 Å². The molecule has 33 heavy (non-hydrogen) atoms. The van der Waals surface area contributed by atoms with Crippen molar-refractivity contribution in [3.05, 3.63) is 92.2 Å². The molecule has 5 nitrogen and oxygen atoms in total. The number of carbonyl (C=O) groups excluding carboxylic acids is 1. The third-order valence-electron chi connectivity index (χ3n) is 5.82. The van der Waals surface area contributed by atoms with E-state index in [0.717, 1.165) is 33.8 Å². The van der Waals surface area contributed by atoms with E-state index in [0.29, 0.717) is 41.2 Å². The number of aryl methyl sites for hydroxylation is 1. The molecule has 7 heteroatoms. The number of ether oxygens (including phenoxy) is 3. The summed E-state index contributed by atoms with van der Waals surface area (Å²) in [6.07, 6.45) is 1.69. The average Bonchev–Trinajstić information content (AvgIpc) is 3.14. The van der Waals surface area contributed by atoms with Crippen LogP contribution in [0.5, 0.6) is 17.2 Å². The maximum atomic E-state index is 13.2. The fourth-order valence-electron chi connectivity index (χ4n) is 4.21. The van der Waals surface area contributed by atoms with Gasteiger partial charge in [-0.15, -0.1) is 0 Å². The van der Waals surface area contributed by atoms with Crippen molar-refractivity contribution in [1.29, 1.82) is 0 Å². The molecule has 0 bridgehead atoms.